The molecule has 1 aromatic carbocycles. The molecule has 1 aliphatic carbocycles. The summed E-state index contributed by atoms with van der Waals surface area (Å²) in [6.07, 6.45) is 2.69. The summed E-state index contributed by atoms with van der Waals surface area (Å²) < 4.78 is 27.1. The van der Waals surface area contributed by atoms with Gasteiger partial charge in [0, 0.05) is 36.1 Å². The van der Waals surface area contributed by atoms with Gasteiger partial charge in [0.05, 0.1) is 17.0 Å². The smallest absolute Gasteiger partial charge is 0.251 e. The SMILES string of the molecule is CC1CCc2c(sc(NC(=O)CN3CCN(S(=O)(=O)c4ccc(Cl)cc4)CC3)c2C(N)=O)C1. The number of carbonyl (C=O) groups excluding carboxylic acids is 2. The van der Waals surface area contributed by atoms with Crippen molar-refractivity contribution in [2.75, 3.05) is 38.0 Å². The predicted octanol–water partition coefficient (Wildman–Crippen LogP) is 2.57. The molecular weight excluding hydrogens is 484 g/mol. The van der Waals surface area contributed by atoms with Crippen molar-refractivity contribution >= 4 is 49.8 Å². The minimum absolute atomic E-state index is 0.117. The summed E-state index contributed by atoms with van der Waals surface area (Å²) in [6, 6.07) is 6.10. The topological polar surface area (TPSA) is 113 Å². The maximum absolute atomic E-state index is 12.8. The van der Waals surface area contributed by atoms with Gasteiger partial charge in [0.25, 0.3) is 5.91 Å². The van der Waals surface area contributed by atoms with Crippen molar-refractivity contribution in [1.29, 1.82) is 0 Å². The summed E-state index contributed by atoms with van der Waals surface area (Å²) in [6.45, 7) is 3.73. The van der Waals surface area contributed by atoms with Gasteiger partial charge in [0.1, 0.15) is 5.00 Å². The lowest BCUT2D eigenvalue weighted by Gasteiger charge is -2.33. The van der Waals surface area contributed by atoms with Gasteiger partial charge in [-0.05, 0) is 55.0 Å². The molecule has 4 rings (SSSR count). The summed E-state index contributed by atoms with van der Waals surface area (Å²) in [5, 5.41) is 3.88. The van der Waals surface area contributed by atoms with Crippen LogP contribution in [-0.2, 0) is 27.7 Å². The van der Waals surface area contributed by atoms with Crippen LogP contribution in [0, 0.1) is 5.92 Å². The molecule has 0 bridgehead atoms. The number of hydrogen-bond donors (Lipinski definition) is 2. The van der Waals surface area contributed by atoms with E-state index >= 15 is 0 Å². The number of nitrogens with two attached hydrogens (primary N) is 1. The zero-order valence-electron chi connectivity index (χ0n) is 18.3. The van der Waals surface area contributed by atoms with Crippen LogP contribution in [0.2, 0.25) is 5.02 Å². The number of amides is 2. The fourth-order valence-electron chi connectivity index (χ4n) is 4.35. The third-order valence-electron chi connectivity index (χ3n) is 6.16. The Balaban J connectivity index is 1.36. The van der Waals surface area contributed by atoms with E-state index in [0.29, 0.717) is 34.6 Å². The monoisotopic (exact) mass is 510 g/mol. The van der Waals surface area contributed by atoms with Crippen LogP contribution in [0.5, 0.6) is 0 Å². The first-order valence-corrected chi connectivity index (χ1v) is 13.5. The van der Waals surface area contributed by atoms with Crippen LogP contribution in [0.25, 0.3) is 0 Å². The second-order valence-corrected chi connectivity index (χ2v) is 12.1. The average molecular weight is 511 g/mol. The zero-order chi connectivity index (χ0) is 23.8. The molecule has 1 aromatic heterocycles. The van der Waals surface area contributed by atoms with E-state index in [1.807, 2.05) is 4.90 Å². The number of fused-ring (bicyclic) bond motifs is 1. The van der Waals surface area contributed by atoms with Gasteiger partial charge >= 0.3 is 0 Å². The van der Waals surface area contributed by atoms with Gasteiger partial charge in [-0.2, -0.15) is 4.31 Å². The quantitative estimate of drug-likeness (QED) is 0.620. The molecule has 1 unspecified atom stereocenters. The molecule has 33 heavy (non-hydrogen) atoms. The second-order valence-electron chi connectivity index (χ2n) is 8.60. The molecule has 3 N–H and O–H groups in total. The van der Waals surface area contributed by atoms with E-state index in [1.165, 1.54) is 27.8 Å². The normalized spacial score (nSPS) is 19.8. The molecule has 1 fully saturated rings. The number of benzene rings is 1. The molecule has 0 saturated carbocycles. The molecule has 178 valence electrons. The Bertz CT molecular complexity index is 1160. The summed E-state index contributed by atoms with van der Waals surface area (Å²) in [7, 11) is -3.60. The highest BCUT2D eigenvalue weighted by Crippen LogP contribution is 2.39. The van der Waals surface area contributed by atoms with E-state index in [4.69, 9.17) is 17.3 Å². The van der Waals surface area contributed by atoms with E-state index in [1.54, 1.807) is 12.1 Å². The van der Waals surface area contributed by atoms with E-state index in [9.17, 15) is 18.0 Å². The van der Waals surface area contributed by atoms with Crippen molar-refractivity contribution in [1.82, 2.24) is 9.21 Å². The number of sulfonamides is 1. The van der Waals surface area contributed by atoms with Crippen LogP contribution in [0.4, 0.5) is 5.00 Å². The van der Waals surface area contributed by atoms with Gasteiger partial charge in [-0.15, -0.1) is 11.3 Å². The van der Waals surface area contributed by atoms with Gasteiger partial charge in [0.15, 0.2) is 0 Å². The Morgan fingerprint density at radius 2 is 1.85 bits per heavy atom. The molecule has 8 nitrogen and oxygen atoms in total. The lowest BCUT2D eigenvalue weighted by atomic mass is 9.88. The first-order valence-electron chi connectivity index (χ1n) is 10.9. The van der Waals surface area contributed by atoms with Crippen LogP contribution < -0.4 is 11.1 Å². The van der Waals surface area contributed by atoms with E-state index < -0.39 is 15.9 Å². The van der Waals surface area contributed by atoms with Gasteiger partial charge in [-0.1, -0.05) is 18.5 Å². The highest BCUT2D eigenvalue weighted by atomic mass is 35.5. The van der Waals surface area contributed by atoms with E-state index in [0.717, 1.165) is 29.7 Å². The number of anilines is 1. The number of carbonyl (C=O) groups is 2. The summed E-state index contributed by atoms with van der Waals surface area (Å²) in [4.78, 5) is 28.0. The Hall–Kier alpha value is -1.98. The van der Waals surface area contributed by atoms with Crippen molar-refractivity contribution < 1.29 is 18.0 Å². The van der Waals surface area contributed by atoms with Crippen LogP contribution >= 0.6 is 22.9 Å². The third-order valence-corrected chi connectivity index (χ3v) is 9.50. The van der Waals surface area contributed by atoms with Gasteiger partial charge in [-0.3, -0.25) is 14.5 Å². The Morgan fingerprint density at radius 1 is 1.18 bits per heavy atom. The van der Waals surface area contributed by atoms with Gasteiger partial charge in [-0.25, -0.2) is 8.42 Å². The summed E-state index contributed by atoms with van der Waals surface area (Å²) >= 11 is 7.30. The highest BCUT2D eigenvalue weighted by Gasteiger charge is 2.30. The van der Waals surface area contributed by atoms with Gasteiger partial charge in [0.2, 0.25) is 15.9 Å². The molecule has 1 saturated heterocycles. The molecule has 1 atom stereocenters. The lowest BCUT2D eigenvalue weighted by molar-refractivity contribution is -0.117. The maximum atomic E-state index is 12.8. The second kappa shape index (κ2) is 9.71. The number of halogens is 1. The average Bonchev–Trinajstić information content (AvgIpc) is 3.11. The Morgan fingerprint density at radius 3 is 2.48 bits per heavy atom. The number of nitrogens with zero attached hydrogens (tertiary/aromatic N) is 2. The number of thiophene rings is 1. The van der Waals surface area contributed by atoms with Crippen LogP contribution in [-0.4, -0.2) is 62.2 Å². The molecule has 1 aliphatic heterocycles. The molecule has 11 heteroatoms. The molecular formula is C22H27ClN4O4S2. The molecule has 2 heterocycles. The lowest BCUT2D eigenvalue weighted by Crippen LogP contribution is -2.50. The van der Waals surface area contributed by atoms with Gasteiger partial charge < -0.3 is 11.1 Å². The standard InChI is InChI=1S/C22H27ClN4O4S2/c1-14-2-7-17-18(12-14)32-22(20(17)21(24)29)25-19(28)13-26-8-10-27(11-9-26)33(30,31)16-5-3-15(23)4-6-16/h3-6,14H,2,7-13H2,1H3,(H2,24,29)(H,25,28). The molecule has 0 radical (unpaired) electrons. The maximum Gasteiger partial charge on any atom is 0.251 e. The van der Waals surface area contributed by atoms with Crippen molar-refractivity contribution in [3.63, 3.8) is 0 Å². The number of hydrogen-bond acceptors (Lipinski definition) is 6. The largest absolute Gasteiger partial charge is 0.365 e. The molecule has 2 aromatic rings. The van der Waals surface area contributed by atoms with Crippen LogP contribution in [0.15, 0.2) is 29.2 Å². The van der Waals surface area contributed by atoms with Crippen molar-refractivity contribution in [3.05, 3.63) is 45.3 Å². The first kappa shape index (κ1) is 24.2. The minimum atomic E-state index is -3.60. The van der Waals surface area contributed by atoms with E-state index in [2.05, 4.69) is 12.2 Å². The predicted molar refractivity (Wildman–Crippen MR) is 129 cm³/mol. The van der Waals surface area contributed by atoms with E-state index in [-0.39, 0.29) is 30.4 Å². The molecule has 2 aliphatic rings. The fourth-order valence-corrected chi connectivity index (χ4v) is 7.33. The highest BCUT2D eigenvalue weighted by molar-refractivity contribution is 7.89. The Labute approximate surface area is 202 Å². The number of piperazine rings is 1. The van der Waals surface area contributed by atoms with Crippen molar-refractivity contribution in [3.8, 4) is 0 Å². The number of rotatable bonds is 6. The fraction of sp³-hybridized carbons (Fsp3) is 0.455. The summed E-state index contributed by atoms with van der Waals surface area (Å²) in [5.41, 5.74) is 7.04. The third kappa shape index (κ3) is 5.25. The Kier molecular flexibility index (Phi) is 7.11. The van der Waals surface area contributed by atoms with Crippen LogP contribution in [0.3, 0.4) is 0 Å². The summed E-state index contributed by atoms with van der Waals surface area (Å²) in [5.74, 6) is -0.211. The number of primary amides is 1. The van der Waals surface area contributed by atoms with Crippen molar-refractivity contribution in [2.24, 2.45) is 11.7 Å². The van der Waals surface area contributed by atoms with Crippen molar-refractivity contribution in [2.45, 2.75) is 31.1 Å². The molecule has 0 spiro atoms. The van der Waals surface area contributed by atoms with Crippen LogP contribution in [0.1, 0.15) is 34.1 Å². The first-order chi connectivity index (χ1) is 15.6. The number of nitrogens with one attached hydrogen (secondary N) is 1. The minimum Gasteiger partial charge on any atom is -0.365 e. The zero-order valence-corrected chi connectivity index (χ0v) is 20.7. The molecule has 2 amide bonds.